The highest BCUT2D eigenvalue weighted by molar-refractivity contribution is 5.95. The van der Waals surface area contributed by atoms with Gasteiger partial charge in [-0.25, -0.2) is 10.2 Å². The van der Waals surface area contributed by atoms with Crippen LogP contribution in [-0.2, 0) is 12.8 Å². The van der Waals surface area contributed by atoms with Crippen molar-refractivity contribution in [2.75, 3.05) is 12.0 Å². The van der Waals surface area contributed by atoms with Gasteiger partial charge in [0.15, 0.2) is 5.69 Å². The van der Waals surface area contributed by atoms with Crippen molar-refractivity contribution < 1.29 is 9.59 Å². The summed E-state index contributed by atoms with van der Waals surface area (Å²) in [6, 6.07) is 7.49. The van der Waals surface area contributed by atoms with E-state index >= 15 is 0 Å². The third-order valence-corrected chi connectivity index (χ3v) is 3.68. The number of benzene rings is 1. The Morgan fingerprint density at radius 3 is 2.82 bits per heavy atom. The van der Waals surface area contributed by atoms with E-state index in [-0.39, 0.29) is 11.7 Å². The summed E-state index contributed by atoms with van der Waals surface area (Å²) in [6.07, 6.45) is 1.48. The van der Waals surface area contributed by atoms with Crippen molar-refractivity contribution in [1.29, 1.82) is 0 Å². The smallest absolute Gasteiger partial charge is 0.335 e. The number of aromatic nitrogens is 2. The molecular weight excluding hydrogens is 282 g/mol. The van der Waals surface area contributed by atoms with E-state index in [1.54, 1.807) is 0 Å². The van der Waals surface area contributed by atoms with Crippen LogP contribution in [0, 0.1) is 0 Å². The minimum atomic E-state index is -0.591. The van der Waals surface area contributed by atoms with Gasteiger partial charge in [0.2, 0.25) is 0 Å². The first kappa shape index (κ1) is 14.1. The van der Waals surface area contributed by atoms with Gasteiger partial charge in [0.1, 0.15) is 0 Å². The highest BCUT2D eigenvalue weighted by atomic mass is 16.2. The quantitative estimate of drug-likeness (QED) is 0.788. The van der Waals surface area contributed by atoms with Crippen LogP contribution in [0.4, 0.5) is 4.79 Å². The summed E-state index contributed by atoms with van der Waals surface area (Å²) in [7, 11) is 0. The van der Waals surface area contributed by atoms with E-state index in [0.29, 0.717) is 13.0 Å². The number of hydrogen-bond donors (Lipinski definition) is 3. The molecule has 3 amide bonds. The van der Waals surface area contributed by atoms with Gasteiger partial charge in [-0.3, -0.25) is 4.79 Å². The van der Waals surface area contributed by atoms with Crippen molar-refractivity contribution in [3.05, 3.63) is 41.1 Å². The molecule has 7 heteroatoms. The van der Waals surface area contributed by atoms with Crippen LogP contribution >= 0.6 is 0 Å². The highest BCUT2D eigenvalue weighted by Gasteiger charge is 2.27. The number of fused-ring (bicyclic) bond motifs is 3. The maximum atomic E-state index is 11.8. The van der Waals surface area contributed by atoms with Gasteiger partial charge in [-0.15, -0.1) is 5.10 Å². The van der Waals surface area contributed by atoms with Crippen LogP contribution < -0.4 is 16.5 Å². The second kappa shape index (κ2) is 5.51. The minimum Gasteiger partial charge on any atom is -0.364 e. The van der Waals surface area contributed by atoms with E-state index in [0.717, 1.165) is 28.8 Å². The van der Waals surface area contributed by atoms with Crippen LogP contribution in [-0.4, -0.2) is 28.4 Å². The van der Waals surface area contributed by atoms with Crippen molar-refractivity contribution in [2.24, 2.45) is 5.73 Å². The number of nitrogens with one attached hydrogen (secondary N) is 2. The molecule has 7 nitrogen and oxygen atoms in total. The van der Waals surface area contributed by atoms with E-state index in [2.05, 4.69) is 15.8 Å². The standard InChI is InChI=1S/C15H17N5O2/c1-2-17-15(22)19-20-13-10-6-4-3-5-9(10)7-8-11(13)12(18-20)14(16)21/h3-6H,2,7-8H2,1H3,(H2,16,21)(H2,17,19,22). The first-order valence-electron chi connectivity index (χ1n) is 7.16. The van der Waals surface area contributed by atoms with E-state index < -0.39 is 5.91 Å². The van der Waals surface area contributed by atoms with Gasteiger partial charge >= 0.3 is 6.03 Å². The lowest BCUT2D eigenvalue weighted by Gasteiger charge is -2.18. The molecule has 0 saturated heterocycles. The monoisotopic (exact) mass is 299 g/mol. The molecule has 0 fully saturated rings. The fourth-order valence-electron chi connectivity index (χ4n) is 2.77. The molecule has 1 aromatic heterocycles. The molecule has 1 aliphatic rings. The van der Waals surface area contributed by atoms with E-state index in [9.17, 15) is 9.59 Å². The Hall–Kier alpha value is -2.83. The predicted octanol–water partition coefficient (Wildman–Crippen LogP) is 1.02. The molecule has 0 unspecified atom stereocenters. The number of carbonyl (C=O) groups excluding carboxylic acids is 2. The Morgan fingerprint density at radius 2 is 2.09 bits per heavy atom. The van der Waals surface area contributed by atoms with Crippen LogP contribution in [0.15, 0.2) is 24.3 Å². The summed E-state index contributed by atoms with van der Waals surface area (Å²) in [5.74, 6) is -0.591. The third-order valence-electron chi connectivity index (χ3n) is 3.68. The van der Waals surface area contributed by atoms with Gasteiger partial charge in [0.05, 0.1) is 5.69 Å². The van der Waals surface area contributed by atoms with Gasteiger partial charge in [0, 0.05) is 17.7 Å². The molecule has 0 spiro atoms. The second-order valence-electron chi connectivity index (χ2n) is 5.08. The number of carbonyl (C=O) groups is 2. The zero-order valence-electron chi connectivity index (χ0n) is 12.2. The lowest BCUT2D eigenvalue weighted by molar-refractivity contribution is 0.0994. The Bertz CT molecular complexity index is 750. The second-order valence-corrected chi connectivity index (χ2v) is 5.08. The Kier molecular flexibility index (Phi) is 3.54. The van der Waals surface area contributed by atoms with E-state index in [1.165, 1.54) is 4.79 Å². The van der Waals surface area contributed by atoms with Crippen molar-refractivity contribution in [2.45, 2.75) is 19.8 Å². The Balaban J connectivity index is 2.12. The molecule has 0 atom stereocenters. The molecule has 1 heterocycles. The molecule has 1 aromatic carbocycles. The molecule has 22 heavy (non-hydrogen) atoms. The summed E-state index contributed by atoms with van der Waals surface area (Å²) in [5, 5.41) is 6.82. The molecule has 3 rings (SSSR count). The molecule has 0 radical (unpaired) electrons. The van der Waals surface area contributed by atoms with E-state index in [1.807, 2.05) is 31.2 Å². The maximum absolute atomic E-state index is 11.8. The van der Waals surface area contributed by atoms with Crippen molar-refractivity contribution in [3.8, 4) is 11.3 Å². The van der Waals surface area contributed by atoms with Gasteiger partial charge in [-0.1, -0.05) is 24.3 Å². The van der Waals surface area contributed by atoms with Gasteiger partial charge < -0.3 is 11.1 Å². The molecule has 1 aliphatic carbocycles. The number of primary amides is 1. The summed E-state index contributed by atoms with van der Waals surface area (Å²) < 4.78 is 0. The highest BCUT2D eigenvalue weighted by Crippen LogP contribution is 2.34. The fourth-order valence-corrected chi connectivity index (χ4v) is 2.77. The van der Waals surface area contributed by atoms with Crippen molar-refractivity contribution in [1.82, 2.24) is 15.2 Å². The summed E-state index contributed by atoms with van der Waals surface area (Å²) in [4.78, 5) is 24.8. The van der Waals surface area contributed by atoms with Gasteiger partial charge in [-0.2, -0.15) is 4.79 Å². The van der Waals surface area contributed by atoms with E-state index in [4.69, 9.17) is 5.73 Å². The Morgan fingerprint density at radius 1 is 1.32 bits per heavy atom. The average Bonchev–Trinajstić information content (AvgIpc) is 2.87. The average molecular weight is 299 g/mol. The maximum Gasteiger partial charge on any atom is 0.335 e. The number of aryl methyl sites for hydroxylation is 1. The summed E-state index contributed by atoms with van der Waals surface area (Å²) in [5.41, 5.74) is 11.9. The first-order valence-corrected chi connectivity index (χ1v) is 7.16. The van der Waals surface area contributed by atoms with Gasteiger partial charge in [-0.05, 0) is 25.3 Å². The lowest BCUT2D eigenvalue weighted by Crippen LogP contribution is -2.35. The number of hydrogen-bond acceptors (Lipinski definition) is 3. The molecule has 0 bridgehead atoms. The summed E-state index contributed by atoms with van der Waals surface area (Å²) in [6.45, 7) is 2.32. The number of nitrogens with two attached hydrogens (primary N) is 1. The molecular formula is C15H17N5O2. The largest absolute Gasteiger partial charge is 0.364 e. The third kappa shape index (κ3) is 2.30. The lowest BCUT2D eigenvalue weighted by atomic mass is 9.89. The van der Waals surface area contributed by atoms with Crippen molar-refractivity contribution >= 4 is 11.9 Å². The van der Waals surface area contributed by atoms with Crippen LogP contribution in [0.2, 0.25) is 0 Å². The van der Waals surface area contributed by atoms with Crippen molar-refractivity contribution in [3.63, 3.8) is 0 Å². The predicted molar refractivity (Wildman–Crippen MR) is 82.0 cm³/mol. The zero-order valence-corrected chi connectivity index (χ0v) is 12.2. The molecule has 0 aliphatic heterocycles. The summed E-state index contributed by atoms with van der Waals surface area (Å²) >= 11 is 0. The fraction of sp³-hybridized carbons (Fsp3) is 0.267. The van der Waals surface area contributed by atoms with Gasteiger partial charge in [0.25, 0.3) is 5.91 Å². The molecule has 114 valence electrons. The van der Waals surface area contributed by atoms with Crippen LogP contribution in [0.25, 0.3) is 11.3 Å². The molecule has 0 saturated carbocycles. The number of amides is 3. The molecule has 2 aromatic rings. The number of rotatable bonds is 3. The Labute approximate surface area is 127 Å². The number of nitrogens with zero attached hydrogens (tertiary/aromatic N) is 2. The first-order chi connectivity index (χ1) is 10.6. The molecule has 4 N–H and O–H groups in total. The van der Waals surface area contributed by atoms with Crippen LogP contribution in [0.3, 0.4) is 0 Å². The zero-order chi connectivity index (χ0) is 15.7. The van der Waals surface area contributed by atoms with Crippen LogP contribution in [0.5, 0.6) is 0 Å². The minimum absolute atomic E-state index is 0.210. The topological polar surface area (TPSA) is 102 Å². The number of urea groups is 1. The normalized spacial score (nSPS) is 12.2. The van der Waals surface area contributed by atoms with Crippen LogP contribution in [0.1, 0.15) is 28.5 Å². The SMILES string of the molecule is CCNC(=O)Nn1nc(C(N)=O)c2c1-c1ccccc1CC2.